The first kappa shape index (κ1) is 13.6. The van der Waals surface area contributed by atoms with Crippen molar-refractivity contribution in [1.82, 2.24) is 0 Å². The van der Waals surface area contributed by atoms with E-state index in [1.165, 1.54) is 12.5 Å². The first-order valence-corrected chi connectivity index (χ1v) is 6.54. The summed E-state index contributed by atoms with van der Waals surface area (Å²) in [5.74, 6) is -0.802. The first-order chi connectivity index (χ1) is 8.99. The molecule has 5 heteroatoms. The number of anilines is 1. The van der Waals surface area contributed by atoms with E-state index in [0.29, 0.717) is 5.92 Å². The SMILES string of the molecule is CC1CCCCC1Oc1cc(C(N)=O)c(N)cc1F. The zero-order valence-electron chi connectivity index (χ0n) is 11.0. The lowest BCUT2D eigenvalue weighted by Crippen LogP contribution is -2.28. The lowest BCUT2D eigenvalue weighted by Gasteiger charge is -2.29. The van der Waals surface area contributed by atoms with Gasteiger partial charge in [-0.25, -0.2) is 4.39 Å². The predicted octanol–water partition coefficient (Wildman–Crippen LogP) is 2.46. The summed E-state index contributed by atoms with van der Waals surface area (Å²) in [6, 6.07) is 2.39. The summed E-state index contributed by atoms with van der Waals surface area (Å²) in [4.78, 5) is 11.2. The van der Waals surface area contributed by atoms with Crippen LogP contribution in [0, 0.1) is 11.7 Å². The molecule has 0 aromatic heterocycles. The summed E-state index contributed by atoms with van der Waals surface area (Å²) < 4.78 is 19.5. The van der Waals surface area contributed by atoms with Crippen molar-refractivity contribution in [2.24, 2.45) is 11.7 Å². The Kier molecular flexibility index (Phi) is 3.93. The quantitative estimate of drug-likeness (QED) is 0.825. The largest absolute Gasteiger partial charge is 0.487 e. The number of amides is 1. The molecule has 2 rings (SSSR count). The topological polar surface area (TPSA) is 78.3 Å². The van der Waals surface area contributed by atoms with Gasteiger partial charge in [0, 0.05) is 11.8 Å². The summed E-state index contributed by atoms with van der Waals surface area (Å²) in [5, 5.41) is 0. The summed E-state index contributed by atoms with van der Waals surface area (Å²) in [6.07, 6.45) is 4.21. The lowest BCUT2D eigenvalue weighted by molar-refractivity contribution is 0.0962. The van der Waals surface area contributed by atoms with Gasteiger partial charge in [-0.15, -0.1) is 0 Å². The first-order valence-electron chi connectivity index (χ1n) is 6.54. The molecule has 1 amide bonds. The number of primary amides is 1. The van der Waals surface area contributed by atoms with Crippen molar-refractivity contribution >= 4 is 11.6 Å². The highest BCUT2D eigenvalue weighted by atomic mass is 19.1. The third-order valence-corrected chi connectivity index (χ3v) is 3.68. The highest BCUT2D eigenvalue weighted by Gasteiger charge is 2.24. The molecule has 0 radical (unpaired) electrons. The van der Waals surface area contributed by atoms with Gasteiger partial charge in [-0.2, -0.15) is 0 Å². The van der Waals surface area contributed by atoms with Crippen molar-refractivity contribution in [2.75, 3.05) is 5.73 Å². The van der Waals surface area contributed by atoms with E-state index in [-0.39, 0.29) is 23.1 Å². The fourth-order valence-electron chi connectivity index (χ4n) is 2.49. The summed E-state index contributed by atoms with van der Waals surface area (Å²) in [5.41, 5.74) is 10.9. The van der Waals surface area contributed by atoms with Crippen molar-refractivity contribution in [3.05, 3.63) is 23.5 Å². The fourth-order valence-corrected chi connectivity index (χ4v) is 2.49. The van der Waals surface area contributed by atoms with Gasteiger partial charge in [-0.3, -0.25) is 4.79 Å². The van der Waals surface area contributed by atoms with E-state index in [9.17, 15) is 9.18 Å². The highest BCUT2D eigenvalue weighted by molar-refractivity contribution is 5.98. The van der Waals surface area contributed by atoms with Crippen molar-refractivity contribution < 1.29 is 13.9 Å². The average molecular weight is 266 g/mol. The number of carbonyl (C=O) groups excluding carboxylic acids is 1. The predicted molar refractivity (Wildman–Crippen MR) is 71.4 cm³/mol. The van der Waals surface area contributed by atoms with Crippen molar-refractivity contribution in [2.45, 2.75) is 38.7 Å². The van der Waals surface area contributed by atoms with Crippen LogP contribution in [0.15, 0.2) is 12.1 Å². The molecule has 0 bridgehead atoms. The smallest absolute Gasteiger partial charge is 0.250 e. The second kappa shape index (κ2) is 5.47. The van der Waals surface area contributed by atoms with Crippen LogP contribution in [0.3, 0.4) is 0 Å². The van der Waals surface area contributed by atoms with Crippen molar-refractivity contribution in [1.29, 1.82) is 0 Å². The molecule has 1 saturated carbocycles. The summed E-state index contributed by atoms with van der Waals surface area (Å²) in [7, 11) is 0. The average Bonchev–Trinajstić information content (AvgIpc) is 2.34. The molecule has 1 aromatic rings. The number of hydrogen-bond acceptors (Lipinski definition) is 3. The van der Waals surface area contributed by atoms with Crippen LogP contribution in [0.25, 0.3) is 0 Å². The number of nitrogen functional groups attached to an aromatic ring is 1. The van der Waals surface area contributed by atoms with Crippen LogP contribution in [0.2, 0.25) is 0 Å². The number of ether oxygens (including phenoxy) is 1. The Bertz CT molecular complexity index is 491. The Morgan fingerprint density at radius 2 is 2.05 bits per heavy atom. The monoisotopic (exact) mass is 266 g/mol. The normalized spacial score (nSPS) is 23.1. The molecule has 0 aliphatic heterocycles. The Labute approximate surface area is 111 Å². The number of carbonyl (C=O) groups is 1. The second-order valence-corrected chi connectivity index (χ2v) is 5.15. The number of rotatable bonds is 3. The molecule has 19 heavy (non-hydrogen) atoms. The van der Waals surface area contributed by atoms with Gasteiger partial charge in [0.2, 0.25) is 0 Å². The second-order valence-electron chi connectivity index (χ2n) is 5.15. The van der Waals surface area contributed by atoms with Crippen LogP contribution in [-0.2, 0) is 0 Å². The molecular formula is C14H19FN2O2. The molecular weight excluding hydrogens is 247 g/mol. The minimum absolute atomic E-state index is 0.0207. The van der Waals surface area contributed by atoms with Crippen LogP contribution in [0.1, 0.15) is 43.0 Å². The van der Waals surface area contributed by atoms with Gasteiger partial charge in [0.1, 0.15) is 6.10 Å². The Balaban J connectivity index is 2.24. The Morgan fingerprint density at radius 3 is 2.68 bits per heavy atom. The third-order valence-electron chi connectivity index (χ3n) is 3.68. The van der Waals surface area contributed by atoms with Crippen LogP contribution in [0.5, 0.6) is 5.75 Å². The van der Waals surface area contributed by atoms with Crippen LogP contribution < -0.4 is 16.2 Å². The molecule has 1 aliphatic rings. The third kappa shape index (κ3) is 2.97. The van der Waals surface area contributed by atoms with Gasteiger partial charge in [0.05, 0.1) is 5.56 Å². The van der Waals surface area contributed by atoms with E-state index in [1.807, 2.05) is 0 Å². The van der Waals surface area contributed by atoms with Crippen LogP contribution in [0.4, 0.5) is 10.1 Å². The van der Waals surface area contributed by atoms with Gasteiger partial charge in [-0.1, -0.05) is 13.3 Å². The number of halogens is 1. The van der Waals surface area contributed by atoms with E-state index in [2.05, 4.69) is 6.92 Å². The molecule has 2 unspecified atom stereocenters. The number of hydrogen-bond donors (Lipinski definition) is 2. The molecule has 1 aliphatic carbocycles. The lowest BCUT2D eigenvalue weighted by atomic mass is 9.88. The molecule has 4 nitrogen and oxygen atoms in total. The minimum Gasteiger partial charge on any atom is -0.487 e. The molecule has 4 N–H and O–H groups in total. The van der Waals surface area contributed by atoms with E-state index in [1.54, 1.807) is 0 Å². The van der Waals surface area contributed by atoms with Gasteiger partial charge < -0.3 is 16.2 Å². The van der Waals surface area contributed by atoms with Gasteiger partial charge >= 0.3 is 0 Å². The zero-order valence-corrected chi connectivity index (χ0v) is 11.0. The molecule has 2 atom stereocenters. The maximum Gasteiger partial charge on any atom is 0.250 e. The Hall–Kier alpha value is -1.78. The summed E-state index contributed by atoms with van der Waals surface area (Å²) >= 11 is 0. The molecule has 0 heterocycles. The van der Waals surface area contributed by atoms with Gasteiger partial charge in [0.25, 0.3) is 5.91 Å². The van der Waals surface area contributed by atoms with Crippen LogP contribution in [-0.4, -0.2) is 12.0 Å². The van der Waals surface area contributed by atoms with Gasteiger partial charge in [-0.05, 0) is 31.2 Å². The zero-order chi connectivity index (χ0) is 14.0. The van der Waals surface area contributed by atoms with Crippen molar-refractivity contribution in [3.8, 4) is 5.75 Å². The van der Waals surface area contributed by atoms with Crippen molar-refractivity contribution in [3.63, 3.8) is 0 Å². The Morgan fingerprint density at radius 1 is 1.37 bits per heavy atom. The molecule has 1 fully saturated rings. The maximum atomic E-state index is 13.8. The highest BCUT2D eigenvalue weighted by Crippen LogP contribution is 2.31. The maximum absolute atomic E-state index is 13.8. The molecule has 0 spiro atoms. The molecule has 1 aromatic carbocycles. The van der Waals surface area contributed by atoms with E-state index >= 15 is 0 Å². The van der Waals surface area contributed by atoms with Crippen LogP contribution >= 0.6 is 0 Å². The molecule has 104 valence electrons. The van der Waals surface area contributed by atoms with E-state index in [4.69, 9.17) is 16.2 Å². The van der Waals surface area contributed by atoms with E-state index < -0.39 is 11.7 Å². The number of nitrogens with two attached hydrogens (primary N) is 2. The number of benzene rings is 1. The van der Waals surface area contributed by atoms with E-state index in [0.717, 1.165) is 25.3 Å². The minimum atomic E-state index is -0.681. The standard InChI is InChI=1S/C14H19FN2O2/c1-8-4-2-3-5-12(8)19-13-6-9(14(17)18)11(16)7-10(13)15/h6-8,12H,2-5,16H2,1H3,(H2,17,18). The van der Waals surface area contributed by atoms with Gasteiger partial charge in [0.15, 0.2) is 11.6 Å². The summed E-state index contributed by atoms with van der Waals surface area (Å²) in [6.45, 7) is 2.09. The molecule has 0 saturated heterocycles. The fraction of sp³-hybridized carbons (Fsp3) is 0.500.